The van der Waals surface area contributed by atoms with Crippen LogP contribution < -0.4 is 9.47 Å². The highest BCUT2D eigenvalue weighted by Gasteiger charge is 2.44. The van der Waals surface area contributed by atoms with E-state index in [1.54, 1.807) is 26.4 Å². The second-order valence-electron chi connectivity index (χ2n) is 13.6. The monoisotopic (exact) mass is 734 g/mol. The first kappa shape index (κ1) is 38.8. The normalized spacial score (nSPS) is 19.3. The van der Waals surface area contributed by atoms with Crippen LogP contribution in [0.25, 0.3) is 0 Å². The molecule has 0 amide bonds. The van der Waals surface area contributed by atoms with Gasteiger partial charge in [0, 0.05) is 12.7 Å². The van der Waals surface area contributed by atoms with Crippen LogP contribution in [0.15, 0.2) is 102 Å². The molecule has 1 aliphatic rings. The predicted molar refractivity (Wildman–Crippen MR) is 201 cm³/mol. The first-order valence-corrected chi connectivity index (χ1v) is 20.6. The highest BCUT2D eigenvalue weighted by Crippen LogP contribution is 2.51. The second kappa shape index (κ2) is 16.1. The molecule has 51 heavy (non-hydrogen) atoms. The number of hydrogen-bond donors (Lipinski definition) is 0. The maximum Gasteiger partial charge on any atom is 0.342 e. The molecule has 1 fully saturated rings. The van der Waals surface area contributed by atoms with Gasteiger partial charge in [0.25, 0.3) is 0 Å². The summed E-state index contributed by atoms with van der Waals surface area (Å²) in [4.78, 5) is -0.0503. The van der Waals surface area contributed by atoms with Crippen LogP contribution in [0.1, 0.15) is 73.8 Å². The van der Waals surface area contributed by atoms with Crippen LogP contribution >= 0.6 is 7.60 Å². The van der Waals surface area contributed by atoms with Gasteiger partial charge in [-0.05, 0) is 82.5 Å². The van der Waals surface area contributed by atoms with Crippen molar-refractivity contribution >= 4 is 25.6 Å². The van der Waals surface area contributed by atoms with Gasteiger partial charge in [-0.25, -0.2) is 0 Å². The molecule has 0 bridgehead atoms. The highest BCUT2D eigenvalue weighted by atomic mass is 32.2. The minimum Gasteiger partial charge on any atom is -0.497 e. The molecule has 0 radical (unpaired) electrons. The lowest BCUT2D eigenvalue weighted by molar-refractivity contribution is -0.0705. The fourth-order valence-corrected chi connectivity index (χ4v) is 9.59. The van der Waals surface area contributed by atoms with Crippen LogP contribution in [0.3, 0.4) is 0 Å². The van der Waals surface area contributed by atoms with Crippen LogP contribution in [0, 0.1) is 0 Å². The van der Waals surface area contributed by atoms with Crippen LogP contribution in [-0.2, 0) is 38.3 Å². The Morgan fingerprint density at radius 3 is 1.76 bits per heavy atom. The summed E-state index contributed by atoms with van der Waals surface area (Å²) < 4.78 is 76.7. The summed E-state index contributed by atoms with van der Waals surface area (Å²) in [6, 6.07) is 30.1. The third-order valence-electron chi connectivity index (χ3n) is 9.16. The molecule has 4 atom stereocenters. The largest absolute Gasteiger partial charge is 0.497 e. The molecular formula is C39H48BO9PS. The average Bonchev–Trinajstić information content (AvgIpc) is 3.46. The Kier molecular flexibility index (Phi) is 12.2. The van der Waals surface area contributed by atoms with Crippen molar-refractivity contribution < 1.29 is 40.4 Å². The van der Waals surface area contributed by atoms with E-state index >= 15 is 0 Å². The minimum atomic E-state index is -4.44. The van der Waals surface area contributed by atoms with Crippen LogP contribution in [0.4, 0.5) is 0 Å². The molecule has 1 heterocycles. The van der Waals surface area contributed by atoms with Crippen molar-refractivity contribution in [2.45, 2.75) is 74.7 Å². The number of hydrogen-bond acceptors (Lipinski definition) is 9. The van der Waals surface area contributed by atoms with E-state index < -0.39 is 35.5 Å². The molecule has 1 saturated heterocycles. The summed E-state index contributed by atoms with van der Waals surface area (Å²) in [5, 5.41) is 0. The Morgan fingerprint density at radius 2 is 1.29 bits per heavy atom. The first-order valence-electron chi connectivity index (χ1n) is 17.2. The van der Waals surface area contributed by atoms with E-state index in [1.807, 2.05) is 120 Å². The van der Waals surface area contributed by atoms with E-state index in [1.165, 1.54) is 6.66 Å². The molecule has 0 N–H and O–H groups in total. The van der Waals surface area contributed by atoms with Gasteiger partial charge in [0.1, 0.15) is 31.1 Å². The zero-order valence-electron chi connectivity index (χ0n) is 30.6. The minimum absolute atomic E-state index is 0.0168. The standard InChI is InChI=1S/C39H48BO9PS/c1-26(2)28-21-29(27(3)4)23-35(22-28)51(42,43)49-50(7,41)48-36-24-38(40)47-37(36)25-46-39(30-11-9-8-10-12-30,31-13-17-33(44-5)18-14-31)32-15-19-34(45-6)20-16-32/h8-23,26-27,36-38H,24-25,40H2,1-7H3/t36-,37-,38-,50?/m1/s1. The van der Waals surface area contributed by atoms with Gasteiger partial charge in [-0.2, -0.15) is 12.4 Å². The second-order valence-corrected chi connectivity index (χ2v) is 17.4. The predicted octanol–water partition coefficient (Wildman–Crippen LogP) is 7.62. The summed E-state index contributed by atoms with van der Waals surface area (Å²) in [6.45, 7) is 9.16. The van der Waals surface area contributed by atoms with Crippen molar-refractivity contribution in [3.63, 3.8) is 0 Å². The number of ether oxygens (including phenoxy) is 4. The van der Waals surface area contributed by atoms with E-state index in [9.17, 15) is 13.0 Å². The summed E-state index contributed by atoms with van der Waals surface area (Å²) in [7, 11) is -3.50. The van der Waals surface area contributed by atoms with Crippen molar-refractivity contribution in [3.8, 4) is 11.5 Å². The molecule has 272 valence electrons. The molecule has 0 spiro atoms. The molecule has 4 aromatic carbocycles. The van der Waals surface area contributed by atoms with E-state index in [0.29, 0.717) is 17.9 Å². The molecule has 0 aliphatic carbocycles. The van der Waals surface area contributed by atoms with Gasteiger partial charge in [0.05, 0.1) is 31.8 Å². The molecule has 0 saturated carbocycles. The van der Waals surface area contributed by atoms with E-state index in [0.717, 1.165) is 27.8 Å². The average molecular weight is 735 g/mol. The fraction of sp³-hybridized carbons (Fsp3) is 0.385. The van der Waals surface area contributed by atoms with Gasteiger partial charge < -0.3 is 23.5 Å². The van der Waals surface area contributed by atoms with Gasteiger partial charge in [-0.3, -0.25) is 4.57 Å². The van der Waals surface area contributed by atoms with Crippen molar-refractivity contribution in [3.05, 3.63) is 125 Å². The third kappa shape index (κ3) is 8.97. The van der Waals surface area contributed by atoms with Gasteiger partial charge in [-0.1, -0.05) is 88.4 Å². The lowest BCUT2D eigenvalue weighted by Gasteiger charge is -2.37. The van der Waals surface area contributed by atoms with Crippen molar-refractivity contribution in [2.24, 2.45) is 0 Å². The SMILES string of the molecule is B[C@H]1C[C@@H](OP(C)(=O)OS(=O)(=O)c2cc(C(C)C)cc(C(C)C)c2)[C@@H](COC(c2ccccc2)(c2ccc(OC)cc2)c2ccc(OC)cc2)O1. The number of methoxy groups -OCH3 is 2. The Morgan fingerprint density at radius 1 is 0.804 bits per heavy atom. The fourth-order valence-electron chi connectivity index (χ4n) is 6.40. The van der Waals surface area contributed by atoms with Gasteiger partial charge in [-0.15, -0.1) is 0 Å². The Labute approximate surface area is 303 Å². The van der Waals surface area contributed by atoms with E-state index in [2.05, 4.69) is 0 Å². The molecule has 9 nitrogen and oxygen atoms in total. The number of benzene rings is 4. The van der Waals surface area contributed by atoms with Crippen LogP contribution in [0.5, 0.6) is 11.5 Å². The van der Waals surface area contributed by atoms with E-state index in [-0.39, 0.29) is 29.3 Å². The quantitative estimate of drug-likeness (QED) is 0.0693. The zero-order valence-corrected chi connectivity index (χ0v) is 32.3. The Balaban J connectivity index is 1.46. The zero-order chi connectivity index (χ0) is 37.0. The van der Waals surface area contributed by atoms with E-state index in [4.69, 9.17) is 27.4 Å². The van der Waals surface area contributed by atoms with Crippen molar-refractivity contribution in [1.29, 1.82) is 0 Å². The van der Waals surface area contributed by atoms with Gasteiger partial charge in [0.15, 0.2) is 0 Å². The molecule has 5 rings (SSSR count). The van der Waals surface area contributed by atoms with Crippen molar-refractivity contribution in [1.82, 2.24) is 0 Å². The van der Waals surface area contributed by atoms with Crippen LogP contribution in [0.2, 0.25) is 0 Å². The smallest absolute Gasteiger partial charge is 0.342 e. The Hall–Kier alpha value is -3.44. The molecule has 0 aromatic heterocycles. The highest BCUT2D eigenvalue weighted by molar-refractivity contribution is 7.91. The summed E-state index contributed by atoms with van der Waals surface area (Å²) in [5.41, 5.74) is 3.11. The maximum atomic E-state index is 13.9. The molecule has 1 unspecified atom stereocenters. The molecule has 12 heteroatoms. The summed E-state index contributed by atoms with van der Waals surface area (Å²) in [5.74, 6) is 1.56. The van der Waals surface area contributed by atoms with Crippen molar-refractivity contribution in [2.75, 3.05) is 27.5 Å². The maximum absolute atomic E-state index is 13.9. The third-order valence-corrected chi connectivity index (χ3v) is 12.5. The molecule has 1 aliphatic heterocycles. The lowest BCUT2D eigenvalue weighted by atomic mass is 9.80. The number of rotatable bonds is 15. The first-order chi connectivity index (χ1) is 24.2. The summed E-state index contributed by atoms with van der Waals surface area (Å²) in [6.07, 6.45) is -1.12. The van der Waals surface area contributed by atoms with Crippen LogP contribution in [-0.4, -0.2) is 62.0 Å². The molecule has 4 aromatic rings. The lowest BCUT2D eigenvalue weighted by Crippen LogP contribution is -2.38. The summed E-state index contributed by atoms with van der Waals surface area (Å²) >= 11 is 0. The topological polar surface area (TPSA) is 107 Å². The van der Waals surface area contributed by atoms with Gasteiger partial charge >= 0.3 is 17.7 Å². The Bertz CT molecular complexity index is 1840. The van der Waals surface area contributed by atoms with Gasteiger partial charge in [0.2, 0.25) is 0 Å². The molecular weight excluding hydrogens is 686 g/mol.